The Hall–Kier alpha value is 1.04. The number of alkyl halides is 1. The molecule has 2 unspecified atom stereocenters. The molecule has 0 spiro atoms. The number of hydrogen-bond acceptors (Lipinski definition) is 2. The molecule has 1 aliphatic rings. The highest BCUT2D eigenvalue weighted by atomic mass is 127. The quantitative estimate of drug-likeness (QED) is 0.283. The summed E-state index contributed by atoms with van der Waals surface area (Å²) in [6.07, 6.45) is 13.0. The van der Waals surface area contributed by atoms with E-state index in [0.717, 1.165) is 9.17 Å². The van der Waals surface area contributed by atoms with E-state index in [2.05, 4.69) is 60.0 Å². The smallest absolute Gasteiger partial charge is 0.0531 e. The summed E-state index contributed by atoms with van der Waals surface area (Å²) in [4.78, 5) is 2.67. The van der Waals surface area contributed by atoms with Gasteiger partial charge in [-0.3, -0.25) is 4.90 Å². The van der Waals surface area contributed by atoms with Crippen LogP contribution < -0.4 is 0 Å². The van der Waals surface area contributed by atoms with Crippen molar-refractivity contribution in [3.05, 3.63) is 0 Å². The Kier molecular flexibility index (Phi) is 11.1. The van der Waals surface area contributed by atoms with Gasteiger partial charge in [0.15, 0.2) is 0 Å². The molecule has 1 nitrogen and oxygen atoms in total. The fourth-order valence-electron chi connectivity index (χ4n) is 3.04. The Morgan fingerprint density at radius 3 is 2.10 bits per heavy atom. The Morgan fingerprint density at radius 2 is 1.60 bits per heavy atom. The highest BCUT2D eigenvalue weighted by Crippen LogP contribution is 2.30. The SMILES string of the molecule is CCN(CCC(C)I)C(C)SC1CCCCCCCC1. The summed E-state index contributed by atoms with van der Waals surface area (Å²) in [6, 6.07) is 0. The Morgan fingerprint density at radius 1 is 1.05 bits per heavy atom. The fourth-order valence-corrected chi connectivity index (χ4v) is 4.90. The first-order valence-electron chi connectivity index (χ1n) is 8.67. The zero-order chi connectivity index (χ0) is 14.8. The van der Waals surface area contributed by atoms with E-state index in [0.29, 0.717) is 5.37 Å². The third-order valence-corrected chi connectivity index (χ3v) is 6.60. The lowest BCUT2D eigenvalue weighted by molar-refractivity contribution is 0.278. The third-order valence-electron chi connectivity index (χ3n) is 4.43. The molecule has 20 heavy (non-hydrogen) atoms. The van der Waals surface area contributed by atoms with Crippen LogP contribution in [0.1, 0.15) is 78.6 Å². The summed E-state index contributed by atoms with van der Waals surface area (Å²) in [5.41, 5.74) is 0. The van der Waals surface area contributed by atoms with Gasteiger partial charge in [-0.05, 0) is 32.7 Å². The van der Waals surface area contributed by atoms with E-state index in [1.54, 1.807) is 0 Å². The Balaban J connectivity index is 2.37. The molecule has 0 N–H and O–H groups in total. The fraction of sp³-hybridized carbons (Fsp3) is 1.00. The van der Waals surface area contributed by atoms with Crippen LogP contribution in [-0.2, 0) is 0 Å². The predicted molar refractivity (Wildman–Crippen MR) is 103 cm³/mol. The molecule has 3 heteroatoms. The second kappa shape index (κ2) is 11.6. The van der Waals surface area contributed by atoms with Crippen LogP contribution >= 0.6 is 34.4 Å². The molecule has 0 aromatic rings. The minimum absolute atomic E-state index is 0.695. The topological polar surface area (TPSA) is 3.24 Å². The van der Waals surface area contributed by atoms with Crippen molar-refractivity contribution in [1.29, 1.82) is 0 Å². The van der Waals surface area contributed by atoms with Crippen LogP contribution in [0.5, 0.6) is 0 Å². The van der Waals surface area contributed by atoms with Crippen LogP contribution in [-0.4, -0.2) is 32.5 Å². The maximum absolute atomic E-state index is 2.67. The van der Waals surface area contributed by atoms with Gasteiger partial charge in [-0.1, -0.05) is 75.0 Å². The second-order valence-electron chi connectivity index (χ2n) is 6.25. The van der Waals surface area contributed by atoms with Crippen molar-refractivity contribution in [2.45, 2.75) is 93.1 Å². The minimum Gasteiger partial charge on any atom is -0.292 e. The van der Waals surface area contributed by atoms with E-state index in [1.165, 1.54) is 70.9 Å². The van der Waals surface area contributed by atoms with Gasteiger partial charge in [0.2, 0.25) is 0 Å². The molecule has 0 radical (unpaired) electrons. The minimum atomic E-state index is 0.695. The summed E-state index contributed by atoms with van der Waals surface area (Å²) in [5, 5.41) is 1.61. The summed E-state index contributed by atoms with van der Waals surface area (Å²) < 4.78 is 0.795. The largest absolute Gasteiger partial charge is 0.292 e. The molecular formula is C17H34INS. The molecule has 0 bridgehead atoms. The van der Waals surface area contributed by atoms with Gasteiger partial charge in [-0.15, -0.1) is 11.8 Å². The molecule has 0 aromatic carbocycles. The average molecular weight is 411 g/mol. The van der Waals surface area contributed by atoms with Crippen molar-refractivity contribution in [3.8, 4) is 0 Å². The molecule has 1 rings (SSSR count). The first kappa shape index (κ1) is 19.1. The van der Waals surface area contributed by atoms with E-state index in [1.807, 2.05) is 0 Å². The molecule has 120 valence electrons. The van der Waals surface area contributed by atoms with E-state index in [4.69, 9.17) is 0 Å². The first-order chi connectivity index (χ1) is 9.63. The van der Waals surface area contributed by atoms with E-state index >= 15 is 0 Å². The Labute approximate surface area is 145 Å². The number of rotatable bonds is 7. The molecule has 0 saturated heterocycles. The van der Waals surface area contributed by atoms with Gasteiger partial charge in [0.25, 0.3) is 0 Å². The van der Waals surface area contributed by atoms with Crippen molar-refractivity contribution in [1.82, 2.24) is 4.90 Å². The lowest BCUT2D eigenvalue weighted by atomic mass is 10.1. The number of halogens is 1. The van der Waals surface area contributed by atoms with Crippen LogP contribution in [0, 0.1) is 0 Å². The molecule has 0 aromatic heterocycles. The second-order valence-corrected chi connectivity index (χ2v) is 10.0. The highest BCUT2D eigenvalue weighted by molar-refractivity contribution is 14.1. The van der Waals surface area contributed by atoms with Crippen molar-refractivity contribution in [2.75, 3.05) is 13.1 Å². The van der Waals surface area contributed by atoms with Gasteiger partial charge in [0.1, 0.15) is 0 Å². The lowest BCUT2D eigenvalue weighted by Gasteiger charge is -2.31. The average Bonchev–Trinajstić information content (AvgIpc) is 2.53. The zero-order valence-electron chi connectivity index (χ0n) is 13.7. The van der Waals surface area contributed by atoms with E-state index in [9.17, 15) is 0 Å². The summed E-state index contributed by atoms with van der Waals surface area (Å²) in [7, 11) is 0. The highest BCUT2D eigenvalue weighted by Gasteiger charge is 2.19. The predicted octanol–water partition coefficient (Wildman–Crippen LogP) is 6.10. The molecule has 2 atom stereocenters. The van der Waals surface area contributed by atoms with Gasteiger partial charge >= 0.3 is 0 Å². The molecule has 1 saturated carbocycles. The molecule has 0 amide bonds. The third kappa shape index (κ3) is 8.47. The van der Waals surface area contributed by atoms with Crippen molar-refractivity contribution in [3.63, 3.8) is 0 Å². The lowest BCUT2D eigenvalue weighted by Crippen LogP contribution is -2.33. The van der Waals surface area contributed by atoms with Crippen molar-refractivity contribution in [2.24, 2.45) is 0 Å². The van der Waals surface area contributed by atoms with Gasteiger partial charge in [-0.25, -0.2) is 0 Å². The summed E-state index contributed by atoms with van der Waals surface area (Å²) in [6.45, 7) is 9.53. The van der Waals surface area contributed by atoms with E-state index in [-0.39, 0.29) is 0 Å². The molecule has 1 fully saturated rings. The molecular weight excluding hydrogens is 377 g/mol. The number of hydrogen-bond donors (Lipinski definition) is 0. The maximum Gasteiger partial charge on any atom is 0.0531 e. The van der Waals surface area contributed by atoms with Gasteiger partial charge in [-0.2, -0.15) is 0 Å². The van der Waals surface area contributed by atoms with Gasteiger partial charge < -0.3 is 0 Å². The van der Waals surface area contributed by atoms with Crippen LogP contribution in [0.2, 0.25) is 0 Å². The van der Waals surface area contributed by atoms with Crippen LogP contribution in [0.3, 0.4) is 0 Å². The monoisotopic (exact) mass is 411 g/mol. The van der Waals surface area contributed by atoms with Gasteiger partial charge in [0, 0.05) is 15.7 Å². The van der Waals surface area contributed by atoms with Crippen LogP contribution in [0.4, 0.5) is 0 Å². The number of thioether (sulfide) groups is 1. The van der Waals surface area contributed by atoms with Crippen molar-refractivity contribution >= 4 is 34.4 Å². The first-order valence-corrected chi connectivity index (χ1v) is 10.9. The Bertz CT molecular complexity index is 225. The normalized spacial score (nSPS) is 22.1. The summed E-state index contributed by atoms with van der Waals surface area (Å²) >= 11 is 4.81. The maximum atomic E-state index is 2.67. The molecule has 0 aliphatic heterocycles. The molecule has 0 heterocycles. The standard InChI is InChI=1S/C17H34INS/c1-4-19(14-13-15(2)18)16(3)20-17-11-9-7-5-6-8-10-12-17/h15-17H,4-14H2,1-3H3. The van der Waals surface area contributed by atoms with Gasteiger partial charge in [0.05, 0.1) is 5.37 Å². The zero-order valence-corrected chi connectivity index (χ0v) is 16.7. The summed E-state index contributed by atoms with van der Waals surface area (Å²) in [5.74, 6) is 0. The number of nitrogens with zero attached hydrogens (tertiary/aromatic N) is 1. The van der Waals surface area contributed by atoms with Crippen molar-refractivity contribution < 1.29 is 0 Å². The van der Waals surface area contributed by atoms with Crippen LogP contribution in [0.25, 0.3) is 0 Å². The van der Waals surface area contributed by atoms with E-state index < -0.39 is 0 Å². The van der Waals surface area contributed by atoms with Crippen LogP contribution in [0.15, 0.2) is 0 Å². The molecule has 1 aliphatic carbocycles.